The molecule has 1 fully saturated rings. The predicted molar refractivity (Wildman–Crippen MR) is 152 cm³/mol. The number of benzene rings is 2. The van der Waals surface area contributed by atoms with Gasteiger partial charge in [-0.25, -0.2) is 9.78 Å². The van der Waals surface area contributed by atoms with E-state index in [1.165, 1.54) is 0 Å². The largest absolute Gasteiger partial charge is 0.444 e. The normalized spacial score (nSPS) is 14.1. The second kappa shape index (κ2) is 11.0. The highest BCUT2D eigenvalue weighted by Crippen LogP contribution is 2.28. The Morgan fingerprint density at radius 3 is 2.40 bits per heavy atom. The molecule has 40 heavy (non-hydrogen) atoms. The molecule has 0 radical (unpaired) electrons. The Morgan fingerprint density at radius 1 is 1.05 bits per heavy atom. The summed E-state index contributed by atoms with van der Waals surface area (Å²) in [5, 5.41) is 12.3. The van der Waals surface area contributed by atoms with Crippen LogP contribution in [0.3, 0.4) is 0 Å². The maximum absolute atomic E-state index is 13.3. The summed E-state index contributed by atoms with van der Waals surface area (Å²) in [6, 6.07) is 14.7. The number of hydrogen-bond acceptors (Lipinski definition) is 6. The van der Waals surface area contributed by atoms with Crippen LogP contribution in [0.25, 0.3) is 28.2 Å². The molecule has 9 nitrogen and oxygen atoms in total. The van der Waals surface area contributed by atoms with Gasteiger partial charge in [-0.3, -0.25) is 14.2 Å². The molecule has 0 bridgehead atoms. The summed E-state index contributed by atoms with van der Waals surface area (Å²) in [6.07, 6.45) is 6.16. The fourth-order valence-corrected chi connectivity index (χ4v) is 4.95. The summed E-state index contributed by atoms with van der Waals surface area (Å²) in [7, 11) is 0. The molecular weight excluding hydrogens is 528 g/mol. The van der Waals surface area contributed by atoms with Crippen molar-refractivity contribution in [3.05, 3.63) is 77.2 Å². The van der Waals surface area contributed by atoms with E-state index >= 15 is 0 Å². The Morgan fingerprint density at radius 2 is 1.75 bits per heavy atom. The van der Waals surface area contributed by atoms with Gasteiger partial charge in [0.15, 0.2) is 5.65 Å². The van der Waals surface area contributed by atoms with Crippen LogP contribution < -0.4 is 5.32 Å². The number of nitrogens with one attached hydrogen (secondary N) is 1. The molecule has 0 spiro atoms. The lowest BCUT2D eigenvalue weighted by Gasteiger charge is -2.33. The van der Waals surface area contributed by atoms with Crippen LogP contribution in [0, 0.1) is 11.3 Å². The van der Waals surface area contributed by atoms with E-state index in [4.69, 9.17) is 21.6 Å². The molecule has 1 aliphatic heterocycles. The van der Waals surface area contributed by atoms with Crippen molar-refractivity contribution in [3.8, 4) is 28.6 Å². The van der Waals surface area contributed by atoms with Crippen LogP contribution in [0.4, 0.5) is 4.79 Å². The van der Waals surface area contributed by atoms with Crippen molar-refractivity contribution in [1.29, 1.82) is 5.26 Å². The Balaban J connectivity index is 1.29. The summed E-state index contributed by atoms with van der Waals surface area (Å²) < 4.78 is 7.27. The number of likely N-dealkylation sites (tertiary alicyclic amines) is 1. The molecule has 0 unspecified atom stereocenters. The lowest BCUT2D eigenvalue weighted by atomic mass is 10.0. The summed E-state index contributed by atoms with van der Waals surface area (Å²) in [5.41, 5.74) is 4.37. The first-order chi connectivity index (χ1) is 19.1. The van der Waals surface area contributed by atoms with E-state index in [9.17, 15) is 9.59 Å². The minimum absolute atomic E-state index is 0.0462. The van der Waals surface area contributed by atoms with Gasteiger partial charge < -0.3 is 15.0 Å². The number of carbonyl (C=O) groups excluding carboxylic acids is 2. The van der Waals surface area contributed by atoms with Gasteiger partial charge in [0, 0.05) is 36.5 Å². The first-order valence-corrected chi connectivity index (χ1v) is 13.4. The van der Waals surface area contributed by atoms with E-state index in [2.05, 4.69) is 21.4 Å². The first kappa shape index (κ1) is 27.2. The molecular formula is C30H29ClN6O3. The number of rotatable bonds is 4. The van der Waals surface area contributed by atoms with Crippen molar-refractivity contribution in [2.45, 2.75) is 45.3 Å². The Hall–Kier alpha value is -4.42. The number of alkyl carbamates (subject to hydrolysis) is 1. The number of aromatic nitrogens is 3. The Labute approximate surface area is 237 Å². The van der Waals surface area contributed by atoms with Crippen LogP contribution in [-0.2, 0) is 4.74 Å². The number of fused-ring (bicyclic) bond motifs is 1. The number of nitrogens with zero attached hydrogens (tertiary/aromatic N) is 5. The smallest absolute Gasteiger partial charge is 0.407 e. The molecule has 1 N–H and O–H groups in total. The predicted octanol–water partition coefficient (Wildman–Crippen LogP) is 5.72. The van der Waals surface area contributed by atoms with Crippen molar-refractivity contribution < 1.29 is 14.3 Å². The zero-order valence-corrected chi connectivity index (χ0v) is 23.3. The highest BCUT2D eigenvalue weighted by Gasteiger charge is 2.27. The van der Waals surface area contributed by atoms with Crippen molar-refractivity contribution in [3.63, 3.8) is 0 Å². The highest BCUT2D eigenvalue weighted by molar-refractivity contribution is 6.34. The second-order valence-corrected chi connectivity index (χ2v) is 11.1. The van der Waals surface area contributed by atoms with Crippen LogP contribution in [0.15, 0.2) is 61.1 Å². The van der Waals surface area contributed by atoms with Crippen molar-refractivity contribution >= 4 is 29.2 Å². The third-order valence-corrected chi connectivity index (χ3v) is 7.02. The zero-order valence-electron chi connectivity index (χ0n) is 22.5. The molecule has 204 valence electrons. The molecule has 0 aliphatic carbocycles. The molecule has 0 saturated carbocycles. The zero-order chi connectivity index (χ0) is 28.4. The lowest BCUT2D eigenvalue weighted by Crippen LogP contribution is -2.47. The average molecular weight is 557 g/mol. The van der Waals surface area contributed by atoms with Gasteiger partial charge in [0.05, 0.1) is 46.0 Å². The van der Waals surface area contributed by atoms with Crippen LogP contribution in [0.5, 0.6) is 0 Å². The van der Waals surface area contributed by atoms with E-state index in [0.717, 1.165) is 16.8 Å². The third kappa shape index (κ3) is 5.92. The van der Waals surface area contributed by atoms with Gasteiger partial charge in [0.2, 0.25) is 0 Å². The van der Waals surface area contributed by atoms with Gasteiger partial charge in [-0.05, 0) is 57.9 Å². The molecule has 0 atom stereocenters. The molecule has 2 aromatic heterocycles. The fraction of sp³-hybridized carbons (Fsp3) is 0.300. The monoisotopic (exact) mass is 556 g/mol. The maximum Gasteiger partial charge on any atom is 0.407 e. The van der Waals surface area contributed by atoms with E-state index < -0.39 is 11.7 Å². The highest BCUT2D eigenvalue weighted by atomic mass is 35.5. The van der Waals surface area contributed by atoms with E-state index in [1.54, 1.807) is 41.6 Å². The fourth-order valence-electron chi connectivity index (χ4n) is 4.69. The van der Waals surface area contributed by atoms with Crippen LogP contribution in [-0.4, -0.2) is 56.0 Å². The number of imidazole rings is 1. The topological polar surface area (TPSA) is 113 Å². The summed E-state index contributed by atoms with van der Waals surface area (Å²) in [6.45, 7) is 6.49. The minimum Gasteiger partial charge on any atom is -0.444 e. The SMILES string of the molecule is CC(C)(C)OC(=O)NC1CCN(C(=O)c2ccc(-c3cn4c(-c5ccc(C#N)cc5)cnc4cn3)cc2Cl)CC1. The molecule has 10 heteroatoms. The quantitative estimate of drug-likeness (QED) is 0.344. The standard InChI is InChI=1S/C30H29ClN6O3/c1-30(2,3)40-29(39)35-22-10-12-36(13-11-22)28(38)23-9-8-21(14-24(23)31)25-18-37-26(16-34-27(37)17-33-25)20-6-4-19(15-32)5-7-20/h4-9,14,16-18,22H,10-13H2,1-3H3,(H,35,39). The molecule has 3 heterocycles. The molecule has 2 amide bonds. The number of ether oxygens (including phenoxy) is 1. The van der Waals surface area contributed by atoms with Crippen LogP contribution >= 0.6 is 11.6 Å². The van der Waals surface area contributed by atoms with Gasteiger partial charge in [-0.1, -0.05) is 29.8 Å². The van der Waals surface area contributed by atoms with Crippen molar-refractivity contribution in [2.75, 3.05) is 13.1 Å². The van der Waals surface area contributed by atoms with Crippen molar-refractivity contribution in [1.82, 2.24) is 24.6 Å². The molecule has 1 aliphatic rings. The summed E-state index contributed by atoms with van der Waals surface area (Å²) in [5.74, 6) is -0.145. The molecule has 4 aromatic rings. The van der Waals surface area contributed by atoms with Crippen LogP contribution in [0.1, 0.15) is 49.5 Å². The van der Waals surface area contributed by atoms with Crippen molar-refractivity contribution in [2.24, 2.45) is 0 Å². The second-order valence-electron chi connectivity index (χ2n) is 10.7. The van der Waals surface area contributed by atoms with E-state index in [1.807, 2.05) is 49.6 Å². The molecule has 5 rings (SSSR count). The number of carbonyl (C=O) groups is 2. The van der Waals surface area contributed by atoms with Gasteiger partial charge in [0.25, 0.3) is 5.91 Å². The number of hydrogen-bond donors (Lipinski definition) is 1. The van der Waals surface area contributed by atoms with Gasteiger partial charge in [-0.2, -0.15) is 5.26 Å². The van der Waals surface area contributed by atoms with E-state index in [-0.39, 0.29) is 11.9 Å². The van der Waals surface area contributed by atoms with E-state index in [0.29, 0.717) is 53.4 Å². The van der Waals surface area contributed by atoms with Gasteiger partial charge in [-0.15, -0.1) is 0 Å². The third-order valence-electron chi connectivity index (χ3n) is 6.70. The number of amides is 2. The maximum atomic E-state index is 13.3. The lowest BCUT2D eigenvalue weighted by molar-refractivity contribution is 0.0473. The molecule has 1 saturated heterocycles. The summed E-state index contributed by atoms with van der Waals surface area (Å²) >= 11 is 6.61. The Bertz CT molecular complexity index is 1610. The average Bonchev–Trinajstić information content (AvgIpc) is 3.35. The molecule has 2 aromatic carbocycles. The Kier molecular flexibility index (Phi) is 7.46. The number of halogens is 1. The van der Waals surface area contributed by atoms with Gasteiger partial charge >= 0.3 is 6.09 Å². The minimum atomic E-state index is -0.559. The first-order valence-electron chi connectivity index (χ1n) is 13.0. The number of nitriles is 1. The summed E-state index contributed by atoms with van der Waals surface area (Å²) in [4.78, 5) is 36.1. The number of piperidine rings is 1. The van der Waals surface area contributed by atoms with Crippen LogP contribution in [0.2, 0.25) is 5.02 Å². The van der Waals surface area contributed by atoms with Gasteiger partial charge in [0.1, 0.15) is 5.60 Å².